The fourth-order valence-electron chi connectivity index (χ4n) is 4.22. The van der Waals surface area contributed by atoms with Crippen molar-refractivity contribution in [2.24, 2.45) is 0 Å². The van der Waals surface area contributed by atoms with Crippen LogP contribution in [0.3, 0.4) is 0 Å². The number of hydrogen-bond acceptors (Lipinski definition) is 4. The summed E-state index contributed by atoms with van der Waals surface area (Å²) in [6, 6.07) is 5.58. The molecule has 2 aromatic rings. The number of aromatic amines is 1. The molecule has 2 aliphatic rings. The lowest BCUT2D eigenvalue weighted by molar-refractivity contribution is -0.146. The molecule has 144 valence electrons. The van der Waals surface area contributed by atoms with Gasteiger partial charge in [0.15, 0.2) is 6.61 Å². The smallest absolute Gasteiger partial charge is 0.338 e. The van der Waals surface area contributed by atoms with Gasteiger partial charge in [0.05, 0.1) is 17.8 Å². The lowest BCUT2D eigenvalue weighted by Gasteiger charge is -2.35. The van der Waals surface area contributed by atoms with E-state index in [9.17, 15) is 9.59 Å². The minimum absolute atomic E-state index is 0.00410. The second-order valence-electron chi connectivity index (χ2n) is 7.68. The first-order valence-corrected chi connectivity index (χ1v) is 9.75. The van der Waals surface area contributed by atoms with Crippen LogP contribution in [0.1, 0.15) is 48.3 Å². The van der Waals surface area contributed by atoms with Crippen LogP contribution < -0.4 is 0 Å². The summed E-state index contributed by atoms with van der Waals surface area (Å²) < 4.78 is 10.9. The van der Waals surface area contributed by atoms with Crippen LogP contribution in [0.2, 0.25) is 0 Å². The molecule has 0 saturated carbocycles. The van der Waals surface area contributed by atoms with Crippen LogP contribution in [0.15, 0.2) is 18.2 Å². The van der Waals surface area contributed by atoms with E-state index in [4.69, 9.17) is 9.47 Å². The zero-order valence-corrected chi connectivity index (χ0v) is 15.9. The molecular formula is C21H26N2O4. The number of rotatable bonds is 3. The number of amides is 1. The molecule has 4 rings (SSSR count). The number of aromatic nitrogens is 1. The molecule has 2 atom stereocenters. The summed E-state index contributed by atoms with van der Waals surface area (Å²) in [6.45, 7) is 4.70. The number of hydrogen-bond donors (Lipinski definition) is 1. The summed E-state index contributed by atoms with van der Waals surface area (Å²) in [7, 11) is 0. The Morgan fingerprint density at radius 1 is 1.19 bits per heavy atom. The van der Waals surface area contributed by atoms with Crippen LogP contribution in [0.4, 0.5) is 0 Å². The van der Waals surface area contributed by atoms with E-state index >= 15 is 0 Å². The topological polar surface area (TPSA) is 71.6 Å². The monoisotopic (exact) mass is 370 g/mol. The van der Waals surface area contributed by atoms with E-state index in [0.29, 0.717) is 18.7 Å². The summed E-state index contributed by atoms with van der Waals surface area (Å²) in [4.78, 5) is 30.0. The second-order valence-corrected chi connectivity index (χ2v) is 7.68. The first-order valence-electron chi connectivity index (χ1n) is 9.75. The highest BCUT2D eigenvalue weighted by molar-refractivity contribution is 5.97. The molecule has 27 heavy (non-hydrogen) atoms. The van der Waals surface area contributed by atoms with Gasteiger partial charge in [0.25, 0.3) is 5.91 Å². The number of nitrogens with zero attached hydrogens (tertiary/aromatic N) is 1. The summed E-state index contributed by atoms with van der Waals surface area (Å²) in [5.74, 6) is -0.629. The predicted molar refractivity (Wildman–Crippen MR) is 102 cm³/mol. The predicted octanol–water partition coefficient (Wildman–Crippen LogP) is 2.84. The second kappa shape index (κ2) is 7.35. The van der Waals surface area contributed by atoms with Crippen molar-refractivity contribution in [2.45, 2.75) is 51.7 Å². The van der Waals surface area contributed by atoms with Crippen molar-refractivity contribution in [2.75, 3.05) is 19.7 Å². The van der Waals surface area contributed by atoms with Crippen molar-refractivity contribution in [1.29, 1.82) is 0 Å². The first-order chi connectivity index (χ1) is 13.0. The zero-order chi connectivity index (χ0) is 19.0. The number of morpholine rings is 1. The molecule has 0 unspecified atom stereocenters. The molecule has 0 spiro atoms. The molecule has 1 saturated heterocycles. The first kappa shape index (κ1) is 18.0. The zero-order valence-electron chi connectivity index (χ0n) is 15.9. The molecule has 1 aliphatic carbocycles. The number of aryl methyl sites for hydroxylation is 2. The van der Waals surface area contributed by atoms with E-state index in [1.165, 1.54) is 24.1 Å². The van der Waals surface area contributed by atoms with Gasteiger partial charge in [0.1, 0.15) is 0 Å². The molecule has 1 fully saturated rings. The van der Waals surface area contributed by atoms with Crippen LogP contribution in [0.5, 0.6) is 0 Å². The quantitative estimate of drug-likeness (QED) is 0.844. The summed E-state index contributed by atoms with van der Waals surface area (Å²) >= 11 is 0. The van der Waals surface area contributed by atoms with Gasteiger partial charge in [-0.3, -0.25) is 4.79 Å². The van der Waals surface area contributed by atoms with Gasteiger partial charge in [0, 0.05) is 29.7 Å². The Labute approximate surface area is 158 Å². The summed E-state index contributed by atoms with van der Waals surface area (Å²) in [5.41, 5.74) is 4.16. The lowest BCUT2D eigenvalue weighted by atomic mass is 9.95. The van der Waals surface area contributed by atoms with Crippen LogP contribution >= 0.6 is 0 Å². The fraction of sp³-hybridized carbons (Fsp3) is 0.524. The molecule has 0 radical (unpaired) electrons. The maximum Gasteiger partial charge on any atom is 0.338 e. The van der Waals surface area contributed by atoms with Crippen molar-refractivity contribution < 1.29 is 19.1 Å². The number of esters is 1. The van der Waals surface area contributed by atoms with Crippen molar-refractivity contribution in [3.05, 3.63) is 35.0 Å². The maximum absolute atomic E-state index is 12.5. The molecule has 1 aromatic carbocycles. The normalized spacial score (nSPS) is 22.5. The van der Waals surface area contributed by atoms with E-state index in [1.54, 1.807) is 11.0 Å². The fourth-order valence-corrected chi connectivity index (χ4v) is 4.22. The van der Waals surface area contributed by atoms with E-state index in [0.717, 1.165) is 23.7 Å². The Kier molecular flexibility index (Phi) is 4.91. The van der Waals surface area contributed by atoms with Gasteiger partial charge in [-0.2, -0.15) is 0 Å². The van der Waals surface area contributed by atoms with Crippen molar-refractivity contribution in [1.82, 2.24) is 9.88 Å². The third-order valence-corrected chi connectivity index (χ3v) is 5.43. The molecule has 1 aliphatic heterocycles. The van der Waals surface area contributed by atoms with Crippen LogP contribution in [-0.4, -0.2) is 53.7 Å². The van der Waals surface area contributed by atoms with Gasteiger partial charge in [0.2, 0.25) is 0 Å². The molecule has 1 N–H and O–H groups in total. The van der Waals surface area contributed by atoms with Crippen molar-refractivity contribution in [3.63, 3.8) is 0 Å². The van der Waals surface area contributed by atoms with Gasteiger partial charge in [-0.15, -0.1) is 0 Å². The summed E-state index contributed by atoms with van der Waals surface area (Å²) in [5, 5.41) is 1.10. The number of carbonyl (C=O) groups excluding carboxylic acids is 2. The maximum atomic E-state index is 12.5. The SMILES string of the molecule is C[C@H]1CN(C(=O)COC(=O)c2ccc3[nH]c4c(c3c2)CCCC4)C[C@H](C)O1. The third-order valence-electron chi connectivity index (χ3n) is 5.43. The number of benzene rings is 1. The van der Waals surface area contributed by atoms with Gasteiger partial charge < -0.3 is 19.4 Å². The number of H-pyrrole nitrogens is 1. The Bertz CT molecular complexity index is 862. The average Bonchev–Trinajstić information content (AvgIpc) is 3.03. The van der Waals surface area contributed by atoms with Gasteiger partial charge >= 0.3 is 5.97 Å². The Morgan fingerprint density at radius 3 is 2.70 bits per heavy atom. The van der Waals surface area contributed by atoms with Gasteiger partial charge in [-0.1, -0.05) is 0 Å². The lowest BCUT2D eigenvalue weighted by Crippen LogP contribution is -2.49. The Hall–Kier alpha value is -2.34. The summed E-state index contributed by atoms with van der Waals surface area (Å²) in [6.07, 6.45) is 4.48. The molecule has 6 heteroatoms. The Morgan fingerprint density at radius 2 is 1.93 bits per heavy atom. The number of ether oxygens (including phenoxy) is 2. The minimum atomic E-state index is -0.453. The molecule has 2 heterocycles. The number of nitrogens with one attached hydrogen (secondary N) is 1. The number of fused-ring (bicyclic) bond motifs is 3. The third kappa shape index (κ3) is 3.72. The average molecular weight is 370 g/mol. The molecule has 1 aromatic heterocycles. The van der Waals surface area contributed by atoms with Crippen molar-refractivity contribution in [3.8, 4) is 0 Å². The molecule has 6 nitrogen and oxygen atoms in total. The van der Waals surface area contributed by atoms with Crippen LogP contribution in [-0.2, 0) is 27.1 Å². The van der Waals surface area contributed by atoms with Crippen LogP contribution in [0, 0.1) is 0 Å². The highest BCUT2D eigenvalue weighted by Crippen LogP contribution is 2.29. The van der Waals surface area contributed by atoms with Crippen molar-refractivity contribution >= 4 is 22.8 Å². The van der Waals surface area contributed by atoms with E-state index in [1.807, 2.05) is 26.0 Å². The van der Waals surface area contributed by atoms with E-state index in [2.05, 4.69) is 4.98 Å². The van der Waals surface area contributed by atoms with E-state index in [-0.39, 0.29) is 24.7 Å². The molecule has 1 amide bonds. The largest absolute Gasteiger partial charge is 0.452 e. The standard InChI is InChI=1S/C21H26N2O4/c1-13-10-23(11-14(2)27-13)20(24)12-26-21(25)15-7-8-19-17(9-15)16-5-3-4-6-18(16)22-19/h7-9,13-14,22H,3-6,10-12H2,1-2H3/t13-,14-/m0/s1. The highest BCUT2D eigenvalue weighted by atomic mass is 16.5. The molecule has 0 bridgehead atoms. The molecular weight excluding hydrogens is 344 g/mol. The van der Waals surface area contributed by atoms with Gasteiger partial charge in [-0.25, -0.2) is 4.79 Å². The highest BCUT2D eigenvalue weighted by Gasteiger charge is 2.26. The Balaban J connectivity index is 1.43. The minimum Gasteiger partial charge on any atom is -0.452 e. The van der Waals surface area contributed by atoms with E-state index < -0.39 is 5.97 Å². The number of carbonyl (C=O) groups is 2. The van der Waals surface area contributed by atoms with Crippen LogP contribution in [0.25, 0.3) is 10.9 Å². The van der Waals surface area contributed by atoms with Gasteiger partial charge in [-0.05, 0) is 63.3 Å².